The largest absolute Gasteiger partial charge is 0.494 e. The first kappa shape index (κ1) is 25.1. The van der Waals surface area contributed by atoms with Gasteiger partial charge in [-0.15, -0.1) is 0 Å². The van der Waals surface area contributed by atoms with Crippen molar-refractivity contribution in [2.45, 2.75) is 58.0 Å². The van der Waals surface area contributed by atoms with Gasteiger partial charge in [-0.3, -0.25) is 0 Å². The summed E-state index contributed by atoms with van der Waals surface area (Å²) in [5.41, 5.74) is 5.61. The number of hydrogen-bond donors (Lipinski definition) is 1. The number of rotatable bonds is 4. The molecule has 4 aromatic rings. The minimum atomic E-state index is -0.394. The molecule has 0 aliphatic carbocycles. The summed E-state index contributed by atoms with van der Waals surface area (Å²) < 4.78 is 24.2. The van der Waals surface area contributed by atoms with Gasteiger partial charge in [0.2, 0.25) is 0 Å². The third-order valence-electron chi connectivity index (χ3n) is 9.06. The van der Waals surface area contributed by atoms with Gasteiger partial charge in [0.05, 0.1) is 34.9 Å². The highest BCUT2D eigenvalue weighted by atomic mass is 16.7. The van der Waals surface area contributed by atoms with Gasteiger partial charge in [-0.2, -0.15) is 0 Å². The van der Waals surface area contributed by atoms with Crippen LogP contribution in [-0.2, 0) is 20.7 Å². The summed E-state index contributed by atoms with van der Waals surface area (Å²) in [5.74, 6) is 2.18. The standard InChI is InChI=1S/C30H33B2N3O4/c1-29(2)30(3,4)39-32(38-29)20-7-8-21-19(11-20)16-37-26-13-22-18(12-23(21)26)6-9-24-27(22)34-28(33-24)25-10-17(15-36-5)14-35(25)31/h6-9,11-13,17,25H,10,14-16H2,1-5H3,(H,33,34)/t17-,25-/m0/s1. The Hall–Kier alpha value is -2.84. The van der Waals surface area contributed by atoms with Crippen LogP contribution >= 0.6 is 0 Å². The lowest BCUT2D eigenvalue weighted by Crippen LogP contribution is -2.41. The molecule has 3 aliphatic rings. The third-order valence-corrected chi connectivity index (χ3v) is 9.06. The van der Waals surface area contributed by atoms with Crippen molar-refractivity contribution in [3.05, 3.63) is 53.9 Å². The van der Waals surface area contributed by atoms with Crippen molar-refractivity contribution in [2.75, 3.05) is 20.3 Å². The summed E-state index contributed by atoms with van der Waals surface area (Å²) in [7, 11) is 7.70. The number of aromatic nitrogens is 2. The average Bonchev–Trinajstić information content (AvgIpc) is 3.55. The van der Waals surface area contributed by atoms with Crippen LogP contribution in [0.3, 0.4) is 0 Å². The molecule has 0 amide bonds. The van der Waals surface area contributed by atoms with Crippen molar-refractivity contribution in [1.82, 2.24) is 14.8 Å². The zero-order valence-corrected chi connectivity index (χ0v) is 23.2. The number of aromatic amines is 1. The highest BCUT2D eigenvalue weighted by Gasteiger charge is 2.51. The summed E-state index contributed by atoms with van der Waals surface area (Å²) in [6.07, 6.45) is 0.922. The molecular weight excluding hydrogens is 488 g/mol. The van der Waals surface area contributed by atoms with Gasteiger partial charge in [-0.25, -0.2) is 4.98 Å². The lowest BCUT2D eigenvalue weighted by Gasteiger charge is -2.32. The molecule has 3 aliphatic heterocycles. The molecule has 198 valence electrons. The molecule has 4 heterocycles. The summed E-state index contributed by atoms with van der Waals surface area (Å²) in [4.78, 5) is 10.4. The average molecular weight is 521 g/mol. The van der Waals surface area contributed by atoms with E-state index in [0.29, 0.717) is 19.1 Å². The highest BCUT2D eigenvalue weighted by molar-refractivity contribution is 6.62. The van der Waals surface area contributed by atoms with E-state index in [9.17, 15) is 0 Å². The number of benzene rings is 3. The van der Waals surface area contributed by atoms with Gasteiger partial charge in [-0.05, 0) is 86.8 Å². The van der Waals surface area contributed by atoms with E-state index < -0.39 is 7.12 Å². The molecule has 39 heavy (non-hydrogen) atoms. The number of fused-ring (bicyclic) bond motifs is 6. The van der Waals surface area contributed by atoms with Crippen LogP contribution in [0.4, 0.5) is 0 Å². The molecule has 2 atom stereocenters. The van der Waals surface area contributed by atoms with Crippen LogP contribution in [0.15, 0.2) is 42.5 Å². The molecule has 0 bridgehead atoms. The van der Waals surface area contributed by atoms with Crippen LogP contribution in [0.2, 0.25) is 0 Å². The van der Waals surface area contributed by atoms with Crippen molar-refractivity contribution in [2.24, 2.45) is 5.92 Å². The number of nitrogens with zero attached hydrogens (tertiary/aromatic N) is 2. The van der Waals surface area contributed by atoms with E-state index in [1.165, 1.54) is 5.56 Å². The molecule has 2 saturated heterocycles. The first-order chi connectivity index (χ1) is 18.6. The Labute approximate surface area is 230 Å². The quantitative estimate of drug-likeness (QED) is 0.394. The van der Waals surface area contributed by atoms with Crippen LogP contribution in [0.5, 0.6) is 5.75 Å². The topological polar surface area (TPSA) is 68.8 Å². The maximum atomic E-state index is 6.36. The fraction of sp³-hybridized carbons (Fsp3) is 0.433. The van der Waals surface area contributed by atoms with Gasteiger partial charge in [0.1, 0.15) is 18.2 Å². The lowest BCUT2D eigenvalue weighted by molar-refractivity contribution is 0.00578. The third kappa shape index (κ3) is 4.01. The molecule has 0 spiro atoms. The number of hydrogen-bond acceptors (Lipinski definition) is 6. The van der Waals surface area contributed by atoms with Gasteiger partial charge < -0.3 is 28.6 Å². The minimum absolute atomic E-state index is 0.0477. The van der Waals surface area contributed by atoms with E-state index in [0.717, 1.165) is 62.9 Å². The predicted octanol–water partition coefficient (Wildman–Crippen LogP) is 4.67. The van der Waals surface area contributed by atoms with Crippen LogP contribution in [0.1, 0.15) is 51.5 Å². The first-order valence-corrected chi connectivity index (χ1v) is 13.7. The molecule has 9 heteroatoms. The number of ether oxygens (including phenoxy) is 2. The lowest BCUT2D eigenvalue weighted by atomic mass is 9.77. The Bertz CT molecular complexity index is 1580. The SMILES string of the molecule is [B]N1C[C@@H](COC)C[C@H]1c1nc2c(ccc3cc4c(cc32)OCc2cc(B3OC(C)(C)C(C)(C)O3)ccc2-4)[nH]1. The van der Waals surface area contributed by atoms with Crippen LogP contribution in [0, 0.1) is 5.92 Å². The van der Waals surface area contributed by atoms with Gasteiger partial charge >= 0.3 is 7.12 Å². The number of imidazole rings is 1. The monoisotopic (exact) mass is 521 g/mol. The summed E-state index contributed by atoms with van der Waals surface area (Å²) in [5, 5.41) is 2.19. The molecule has 1 aromatic heterocycles. The van der Waals surface area contributed by atoms with E-state index in [2.05, 4.69) is 75.1 Å². The molecule has 0 unspecified atom stereocenters. The smallest absolute Gasteiger partial charge is 0.488 e. The summed E-state index contributed by atoms with van der Waals surface area (Å²) in [6.45, 7) is 10.3. The number of methoxy groups -OCH3 is 1. The maximum absolute atomic E-state index is 6.36. The second-order valence-electron chi connectivity index (χ2n) is 12.2. The van der Waals surface area contributed by atoms with Crippen molar-refractivity contribution >= 4 is 42.4 Å². The molecule has 2 radical (unpaired) electrons. The van der Waals surface area contributed by atoms with Crippen molar-refractivity contribution in [3.8, 4) is 16.9 Å². The maximum Gasteiger partial charge on any atom is 0.494 e. The molecule has 3 aromatic carbocycles. The van der Waals surface area contributed by atoms with E-state index in [1.54, 1.807) is 7.11 Å². The van der Waals surface area contributed by atoms with Crippen LogP contribution < -0.4 is 10.2 Å². The Morgan fingerprint density at radius 3 is 2.64 bits per heavy atom. The Morgan fingerprint density at radius 1 is 1.08 bits per heavy atom. The highest BCUT2D eigenvalue weighted by Crippen LogP contribution is 2.43. The van der Waals surface area contributed by atoms with Gasteiger partial charge in [0, 0.05) is 18.1 Å². The molecule has 7 nitrogen and oxygen atoms in total. The number of H-pyrrole nitrogens is 1. The van der Waals surface area contributed by atoms with E-state index in [-0.39, 0.29) is 17.2 Å². The van der Waals surface area contributed by atoms with Crippen LogP contribution in [0.25, 0.3) is 32.9 Å². The Kier molecular flexibility index (Phi) is 5.69. The predicted molar refractivity (Wildman–Crippen MR) is 154 cm³/mol. The second kappa shape index (κ2) is 8.83. The minimum Gasteiger partial charge on any atom is -0.488 e. The molecule has 1 N–H and O–H groups in total. The molecule has 7 rings (SSSR count). The zero-order chi connectivity index (χ0) is 27.1. The van der Waals surface area contributed by atoms with E-state index in [1.807, 2.05) is 4.81 Å². The van der Waals surface area contributed by atoms with Crippen molar-refractivity contribution in [1.29, 1.82) is 0 Å². The molecule has 2 fully saturated rings. The van der Waals surface area contributed by atoms with Crippen LogP contribution in [-0.4, -0.2) is 61.3 Å². The summed E-state index contributed by atoms with van der Waals surface area (Å²) >= 11 is 0. The summed E-state index contributed by atoms with van der Waals surface area (Å²) in [6, 6.07) is 15.1. The van der Waals surface area contributed by atoms with Crippen molar-refractivity contribution in [3.63, 3.8) is 0 Å². The molecular formula is C30H33B2N3O4. The first-order valence-electron chi connectivity index (χ1n) is 13.7. The zero-order valence-electron chi connectivity index (χ0n) is 23.2. The van der Waals surface area contributed by atoms with E-state index in [4.69, 9.17) is 31.7 Å². The Morgan fingerprint density at radius 2 is 1.87 bits per heavy atom. The van der Waals surface area contributed by atoms with Gasteiger partial charge in [0.15, 0.2) is 7.98 Å². The van der Waals surface area contributed by atoms with Crippen molar-refractivity contribution < 1.29 is 18.8 Å². The van der Waals surface area contributed by atoms with Gasteiger partial charge in [-0.1, -0.05) is 24.3 Å². The van der Waals surface area contributed by atoms with Gasteiger partial charge in [0.25, 0.3) is 0 Å². The molecule has 0 saturated carbocycles. The second-order valence-corrected chi connectivity index (χ2v) is 12.2. The fourth-order valence-corrected chi connectivity index (χ4v) is 6.19. The number of nitrogens with one attached hydrogen (secondary N) is 1. The normalized spacial score (nSPS) is 23.8. The fourth-order valence-electron chi connectivity index (χ4n) is 6.19. The van der Waals surface area contributed by atoms with E-state index >= 15 is 0 Å². The Balaban J connectivity index is 1.23.